The molecule has 1 aliphatic heterocycles. The van der Waals surface area contributed by atoms with Crippen LogP contribution in [0.25, 0.3) is 17.4 Å². The maximum atomic E-state index is 13.6. The summed E-state index contributed by atoms with van der Waals surface area (Å²) >= 11 is 7.29. The van der Waals surface area contributed by atoms with E-state index in [9.17, 15) is 14.0 Å². The fraction of sp³-hybridized carbons (Fsp3) is 0.148. The topological polar surface area (TPSA) is 73.8 Å². The molecule has 3 heterocycles. The van der Waals surface area contributed by atoms with Gasteiger partial charge in [-0.1, -0.05) is 35.1 Å². The highest BCUT2D eigenvalue weighted by atomic mass is 35.5. The Morgan fingerprint density at radius 2 is 1.89 bits per heavy atom. The zero-order chi connectivity index (χ0) is 25.4. The van der Waals surface area contributed by atoms with Gasteiger partial charge in [0.2, 0.25) is 0 Å². The van der Waals surface area contributed by atoms with Crippen LogP contribution in [0.5, 0.6) is 0 Å². The second kappa shape index (κ2) is 9.72. The molecule has 5 rings (SSSR count). The number of thiazole rings is 1. The molecule has 1 atom stereocenters. The quantitative estimate of drug-likeness (QED) is 0.351. The first kappa shape index (κ1) is 24.0. The number of ether oxygens (including phenoxy) is 1. The molecule has 4 aromatic rings. The van der Waals surface area contributed by atoms with E-state index in [1.54, 1.807) is 68.5 Å². The Kier molecular flexibility index (Phi) is 6.47. The summed E-state index contributed by atoms with van der Waals surface area (Å²) in [6.45, 7) is 3.65. The molecular weight excluding hydrogens is 503 g/mol. The second-order valence-corrected chi connectivity index (χ2v) is 9.51. The summed E-state index contributed by atoms with van der Waals surface area (Å²) in [5, 5.41) is 0.541. The lowest BCUT2D eigenvalue weighted by Gasteiger charge is -2.24. The Bertz CT molecular complexity index is 1660. The van der Waals surface area contributed by atoms with Gasteiger partial charge in [0.05, 0.1) is 28.5 Å². The van der Waals surface area contributed by atoms with Gasteiger partial charge in [0.25, 0.3) is 5.56 Å². The van der Waals surface area contributed by atoms with Crippen LogP contribution in [-0.2, 0) is 9.53 Å². The van der Waals surface area contributed by atoms with Gasteiger partial charge >= 0.3 is 5.97 Å². The minimum absolute atomic E-state index is 0.197. The van der Waals surface area contributed by atoms with E-state index in [0.717, 1.165) is 5.56 Å². The monoisotopic (exact) mass is 522 g/mol. The average molecular weight is 523 g/mol. The molecule has 0 spiro atoms. The van der Waals surface area contributed by atoms with E-state index < -0.39 is 12.0 Å². The first-order chi connectivity index (χ1) is 17.4. The number of carbonyl (C=O) groups is 1. The molecule has 9 heteroatoms. The lowest BCUT2D eigenvalue weighted by Crippen LogP contribution is -2.39. The van der Waals surface area contributed by atoms with E-state index in [4.69, 9.17) is 20.8 Å². The molecule has 0 unspecified atom stereocenters. The molecule has 0 saturated carbocycles. The number of rotatable bonds is 5. The Labute approximate surface area is 214 Å². The van der Waals surface area contributed by atoms with Gasteiger partial charge in [0.1, 0.15) is 17.3 Å². The van der Waals surface area contributed by atoms with E-state index in [1.165, 1.54) is 28.0 Å². The van der Waals surface area contributed by atoms with Crippen molar-refractivity contribution in [1.29, 1.82) is 0 Å². The van der Waals surface area contributed by atoms with Crippen molar-refractivity contribution in [2.75, 3.05) is 6.61 Å². The van der Waals surface area contributed by atoms with E-state index in [-0.39, 0.29) is 18.0 Å². The maximum Gasteiger partial charge on any atom is 0.338 e. The molecule has 0 bridgehead atoms. The van der Waals surface area contributed by atoms with Gasteiger partial charge < -0.3 is 9.15 Å². The predicted molar refractivity (Wildman–Crippen MR) is 136 cm³/mol. The Morgan fingerprint density at radius 3 is 2.58 bits per heavy atom. The van der Waals surface area contributed by atoms with Gasteiger partial charge in [-0.25, -0.2) is 14.2 Å². The summed E-state index contributed by atoms with van der Waals surface area (Å²) in [5.41, 5.74) is 1.90. The number of benzene rings is 2. The summed E-state index contributed by atoms with van der Waals surface area (Å²) < 4.78 is 26.3. The molecule has 1 aliphatic rings. The number of allylic oxidation sites excluding steroid dienone is 1. The summed E-state index contributed by atoms with van der Waals surface area (Å²) in [6.07, 6.45) is 1.64. The van der Waals surface area contributed by atoms with Gasteiger partial charge in [-0.2, -0.15) is 0 Å². The normalized spacial score (nSPS) is 15.6. The van der Waals surface area contributed by atoms with E-state index >= 15 is 0 Å². The van der Waals surface area contributed by atoms with Crippen LogP contribution >= 0.6 is 22.9 Å². The number of nitrogens with zero attached hydrogens (tertiary/aromatic N) is 2. The minimum Gasteiger partial charge on any atom is -0.463 e. The van der Waals surface area contributed by atoms with E-state index in [2.05, 4.69) is 4.99 Å². The maximum absolute atomic E-state index is 13.6. The molecule has 182 valence electrons. The van der Waals surface area contributed by atoms with Crippen LogP contribution < -0.4 is 14.9 Å². The number of halogens is 2. The molecule has 0 N–H and O–H groups in total. The zero-order valence-corrected chi connectivity index (χ0v) is 20.9. The number of fused-ring (bicyclic) bond motifs is 1. The SMILES string of the molecule is CCOC(=O)C1=C(C)N=c2sc(=Cc3ccc(-c4ccc(F)cc4)o3)c(=O)n2[C@H]1c1ccc(Cl)cc1. The second-order valence-electron chi connectivity index (χ2n) is 8.06. The van der Waals surface area contributed by atoms with E-state index in [0.29, 0.717) is 42.7 Å². The van der Waals surface area contributed by atoms with Crippen molar-refractivity contribution in [3.63, 3.8) is 0 Å². The van der Waals surface area contributed by atoms with Gasteiger partial charge in [0, 0.05) is 16.7 Å². The predicted octanol–water partition coefficient (Wildman–Crippen LogP) is 4.85. The Balaban J connectivity index is 1.63. The molecule has 2 aromatic carbocycles. The summed E-state index contributed by atoms with van der Waals surface area (Å²) in [6, 6.07) is 15.7. The smallest absolute Gasteiger partial charge is 0.338 e. The molecule has 0 aliphatic carbocycles. The largest absolute Gasteiger partial charge is 0.463 e. The summed E-state index contributed by atoms with van der Waals surface area (Å²) in [4.78, 5) is 31.5. The first-order valence-electron chi connectivity index (χ1n) is 11.2. The Hall–Kier alpha value is -3.75. The minimum atomic E-state index is -0.717. The highest BCUT2D eigenvalue weighted by Crippen LogP contribution is 2.31. The van der Waals surface area contributed by atoms with E-state index in [1.807, 2.05) is 0 Å². The van der Waals surface area contributed by atoms with Crippen LogP contribution in [0.2, 0.25) is 5.02 Å². The number of hydrogen-bond acceptors (Lipinski definition) is 6. The van der Waals surface area contributed by atoms with Crippen molar-refractivity contribution in [2.24, 2.45) is 4.99 Å². The third-order valence-corrected chi connectivity index (χ3v) is 6.97. The van der Waals surface area contributed by atoms with Crippen molar-refractivity contribution in [1.82, 2.24) is 4.57 Å². The number of aromatic nitrogens is 1. The van der Waals surface area contributed by atoms with Crippen molar-refractivity contribution in [2.45, 2.75) is 19.9 Å². The van der Waals surface area contributed by atoms with Crippen LogP contribution in [0.3, 0.4) is 0 Å². The molecule has 0 fully saturated rings. The average Bonchev–Trinajstić information content (AvgIpc) is 3.44. The van der Waals surface area contributed by atoms with Crippen molar-refractivity contribution < 1.29 is 18.3 Å². The molecule has 2 aromatic heterocycles. The fourth-order valence-electron chi connectivity index (χ4n) is 4.08. The number of hydrogen-bond donors (Lipinski definition) is 0. The van der Waals surface area contributed by atoms with Crippen LogP contribution in [0, 0.1) is 5.82 Å². The van der Waals surface area contributed by atoms with Gasteiger partial charge in [-0.3, -0.25) is 9.36 Å². The number of carbonyl (C=O) groups excluding carboxylic acids is 1. The van der Waals surface area contributed by atoms with Crippen molar-refractivity contribution in [3.8, 4) is 11.3 Å². The molecule has 0 saturated heterocycles. The molecule has 0 amide bonds. The third kappa shape index (κ3) is 4.45. The lowest BCUT2D eigenvalue weighted by atomic mass is 9.96. The van der Waals surface area contributed by atoms with Crippen LogP contribution in [0.1, 0.15) is 31.2 Å². The van der Waals surface area contributed by atoms with Crippen LogP contribution in [0.4, 0.5) is 4.39 Å². The zero-order valence-electron chi connectivity index (χ0n) is 19.3. The number of esters is 1. The summed E-state index contributed by atoms with van der Waals surface area (Å²) in [5.74, 6) is 0.153. The lowest BCUT2D eigenvalue weighted by molar-refractivity contribution is -0.139. The van der Waals surface area contributed by atoms with Gasteiger partial charge in [0.15, 0.2) is 4.80 Å². The van der Waals surface area contributed by atoms with Crippen molar-refractivity contribution >= 4 is 35.0 Å². The van der Waals surface area contributed by atoms with Gasteiger partial charge in [-0.15, -0.1) is 0 Å². The summed E-state index contributed by atoms with van der Waals surface area (Å²) in [7, 11) is 0. The molecular formula is C27H20ClFN2O4S. The molecule has 6 nitrogen and oxygen atoms in total. The van der Waals surface area contributed by atoms with Crippen LogP contribution in [0.15, 0.2) is 86.1 Å². The molecule has 0 radical (unpaired) electrons. The number of furan rings is 1. The van der Waals surface area contributed by atoms with Crippen molar-refractivity contribution in [3.05, 3.63) is 114 Å². The Morgan fingerprint density at radius 1 is 1.17 bits per heavy atom. The standard InChI is InChI=1S/C27H20ClFN2O4S/c1-3-34-26(33)23-15(2)30-27-31(24(23)17-4-8-18(28)9-5-17)25(32)22(36-27)14-20-12-13-21(35-20)16-6-10-19(29)11-7-16/h4-14,24H,3H2,1-2H3/t24-/m0/s1. The highest BCUT2D eigenvalue weighted by Gasteiger charge is 2.33. The van der Waals surface area contributed by atoms with Gasteiger partial charge in [-0.05, 0) is 67.9 Å². The first-order valence-corrected chi connectivity index (χ1v) is 12.4. The highest BCUT2D eigenvalue weighted by molar-refractivity contribution is 7.07. The van der Waals surface area contributed by atoms with Crippen LogP contribution in [-0.4, -0.2) is 17.1 Å². The third-order valence-electron chi connectivity index (χ3n) is 5.73. The molecule has 36 heavy (non-hydrogen) atoms. The fourth-order valence-corrected chi connectivity index (χ4v) is 5.23.